The molecule has 4 heteroatoms. The molecule has 0 saturated carbocycles. The van der Waals surface area contributed by atoms with Crippen LogP contribution in [0.2, 0.25) is 0 Å². The molecule has 27 heavy (non-hydrogen) atoms. The number of carbonyl (C=O) groups excluding carboxylic acids is 2. The number of amides is 1. The van der Waals surface area contributed by atoms with Gasteiger partial charge in [0.15, 0.2) is 11.4 Å². The summed E-state index contributed by atoms with van der Waals surface area (Å²) in [5.74, 6) is -0.760. The highest BCUT2D eigenvalue weighted by Crippen LogP contribution is 2.42. The third-order valence-corrected chi connectivity index (χ3v) is 5.04. The minimum Gasteiger partial charge on any atom is -0.375 e. The molecule has 0 spiro atoms. The molecule has 0 fully saturated rings. The molecule has 1 aliphatic heterocycles. The van der Waals surface area contributed by atoms with E-state index in [0.29, 0.717) is 16.8 Å². The van der Waals surface area contributed by atoms with E-state index in [4.69, 9.17) is 0 Å². The molecule has 0 aromatic heterocycles. The van der Waals surface area contributed by atoms with Crippen molar-refractivity contribution in [3.05, 3.63) is 90.5 Å². The van der Waals surface area contributed by atoms with Crippen LogP contribution in [0, 0.1) is 0 Å². The van der Waals surface area contributed by atoms with E-state index in [1.54, 1.807) is 42.5 Å². The highest BCUT2D eigenvalue weighted by molar-refractivity contribution is 6.11. The minimum absolute atomic E-state index is 0.271. The summed E-state index contributed by atoms with van der Waals surface area (Å²) >= 11 is 0. The van der Waals surface area contributed by atoms with Crippen molar-refractivity contribution in [2.75, 3.05) is 11.4 Å². The number of hydrogen-bond acceptors (Lipinski definition) is 3. The van der Waals surface area contributed by atoms with E-state index in [-0.39, 0.29) is 18.7 Å². The summed E-state index contributed by atoms with van der Waals surface area (Å²) in [6.45, 7) is 3.95. The Labute approximate surface area is 157 Å². The lowest BCUT2D eigenvalue weighted by molar-refractivity contribution is -0.135. The Bertz CT molecular complexity index is 1070. The van der Waals surface area contributed by atoms with Gasteiger partial charge >= 0.3 is 0 Å². The second-order valence-corrected chi connectivity index (χ2v) is 6.74. The van der Waals surface area contributed by atoms with Gasteiger partial charge in [-0.05, 0) is 22.9 Å². The predicted octanol–water partition coefficient (Wildman–Crippen LogP) is 3.83. The summed E-state index contributed by atoms with van der Waals surface area (Å²) in [5, 5.41) is 13.2. The molecule has 4 nitrogen and oxygen atoms in total. The second-order valence-electron chi connectivity index (χ2n) is 6.74. The maximum atomic E-state index is 12.9. The molecule has 1 heterocycles. The van der Waals surface area contributed by atoms with E-state index in [2.05, 4.69) is 6.58 Å². The number of rotatable bonds is 5. The molecule has 0 radical (unpaired) electrons. The fourth-order valence-corrected chi connectivity index (χ4v) is 3.68. The Morgan fingerprint density at radius 2 is 1.74 bits per heavy atom. The summed E-state index contributed by atoms with van der Waals surface area (Å²) in [5.41, 5.74) is -0.292. The number of ketones is 1. The number of hydrogen-bond donors (Lipinski definition) is 1. The summed E-state index contributed by atoms with van der Waals surface area (Å²) in [6.07, 6.45) is 1.31. The molecule has 0 aliphatic carbocycles. The lowest BCUT2D eigenvalue weighted by atomic mass is 9.88. The molecule has 0 bridgehead atoms. The topological polar surface area (TPSA) is 57.6 Å². The number of Topliss-reactive ketones (excluding diaryl/α,β-unsaturated/α-hetero) is 1. The minimum atomic E-state index is -1.86. The van der Waals surface area contributed by atoms with Crippen LogP contribution in [-0.2, 0) is 10.4 Å². The maximum Gasteiger partial charge on any atom is 0.264 e. The first-order valence-electron chi connectivity index (χ1n) is 8.81. The molecule has 1 N–H and O–H groups in total. The van der Waals surface area contributed by atoms with Crippen LogP contribution >= 0.6 is 0 Å². The Morgan fingerprint density at radius 1 is 1.04 bits per heavy atom. The van der Waals surface area contributed by atoms with Crippen molar-refractivity contribution in [3.63, 3.8) is 0 Å². The summed E-state index contributed by atoms with van der Waals surface area (Å²) < 4.78 is 0. The van der Waals surface area contributed by atoms with Crippen molar-refractivity contribution in [1.29, 1.82) is 0 Å². The maximum absolute atomic E-state index is 12.9. The van der Waals surface area contributed by atoms with Crippen LogP contribution in [0.15, 0.2) is 79.4 Å². The van der Waals surface area contributed by atoms with Crippen LogP contribution < -0.4 is 4.90 Å². The molecule has 0 saturated heterocycles. The smallest absolute Gasteiger partial charge is 0.264 e. The lowest BCUT2D eigenvalue weighted by Gasteiger charge is -2.22. The molecule has 1 aliphatic rings. The van der Waals surface area contributed by atoms with Crippen LogP contribution in [0.1, 0.15) is 22.3 Å². The molecule has 0 unspecified atom stereocenters. The molecule has 4 rings (SSSR count). The van der Waals surface area contributed by atoms with Crippen molar-refractivity contribution in [2.45, 2.75) is 12.0 Å². The normalized spacial score (nSPS) is 18.6. The van der Waals surface area contributed by atoms with Crippen LogP contribution in [0.25, 0.3) is 10.8 Å². The first kappa shape index (κ1) is 17.2. The molecule has 1 atom stereocenters. The van der Waals surface area contributed by atoms with Crippen molar-refractivity contribution in [2.24, 2.45) is 0 Å². The Morgan fingerprint density at radius 3 is 2.52 bits per heavy atom. The highest BCUT2D eigenvalue weighted by atomic mass is 16.3. The van der Waals surface area contributed by atoms with Gasteiger partial charge in [0.1, 0.15) is 0 Å². The molecule has 3 aromatic rings. The van der Waals surface area contributed by atoms with Crippen molar-refractivity contribution in [3.8, 4) is 0 Å². The summed E-state index contributed by atoms with van der Waals surface area (Å²) in [7, 11) is 0. The van der Waals surface area contributed by atoms with Gasteiger partial charge in [0.05, 0.1) is 12.1 Å². The average molecular weight is 357 g/mol. The fraction of sp³-hybridized carbons (Fsp3) is 0.130. The van der Waals surface area contributed by atoms with E-state index in [1.807, 2.05) is 30.3 Å². The SMILES string of the molecule is C=CCN1C(=O)[C@@](O)(CC(=O)c2ccc3ccccc3c2)c2ccccc21. The van der Waals surface area contributed by atoms with Gasteiger partial charge in [0, 0.05) is 17.7 Å². The summed E-state index contributed by atoms with van der Waals surface area (Å²) in [6, 6.07) is 20.2. The molecule has 134 valence electrons. The van der Waals surface area contributed by atoms with Gasteiger partial charge in [-0.25, -0.2) is 0 Å². The van der Waals surface area contributed by atoms with Crippen LogP contribution in [0.5, 0.6) is 0 Å². The van der Waals surface area contributed by atoms with E-state index < -0.39 is 11.5 Å². The van der Waals surface area contributed by atoms with Crippen LogP contribution in [-0.4, -0.2) is 23.3 Å². The van der Waals surface area contributed by atoms with Gasteiger partial charge in [0.25, 0.3) is 5.91 Å². The van der Waals surface area contributed by atoms with E-state index >= 15 is 0 Å². The van der Waals surface area contributed by atoms with Crippen molar-refractivity contribution >= 4 is 28.2 Å². The fourth-order valence-electron chi connectivity index (χ4n) is 3.68. The molecule has 3 aromatic carbocycles. The Hall–Kier alpha value is -3.24. The highest BCUT2D eigenvalue weighted by Gasteiger charge is 2.50. The van der Waals surface area contributed by atoms with E-state index in [0.717, 1.165) is 10.8 Å². The first-order valence-corrected chi connectivity index (χ1v) is 8.81. The molecular weight excluding hydrogens is 338 g/mol. The zero-order valence-corrected chi connectivity index (χ0v) is 14.8. The van der Waals surface area contributed by atoms with Crippen LogP contribution in [0.4, 0.5) is 5.69 Å². The number of benzene rings is 3. The monoisotopic (exact) mass is 357 g/mol. The number of anilines is 1. The zero-order valence-electron chi connectivity index (χ0n) is 14.8. The number of para-hydroxylation sites is 1. The summed E-state index contributed by atoms with van der Waals surface area (Å²) in [4.78, 5) is 27.3. The van der Waals surface area contributed by atoms with Crippen molar-refractivity contribution < 1.29 is 14.7 Å². The number of fused-ring (bicyclic) bond motifs is 2. The van der Waals surface area contributed by atoms with Gasteiger partial charge in [0.2, 0.25) is 0 Å². The molecule has 1 amide bonds. The van der Waals surface area contributed by atoms with Gasteiger partial charge in [-0.2, -0.15) is 0 Å². The van der Waals surface area contributed by atoms with Gasteiger partial charge in [-0.1, -0.05) is 60.7 Å². The first-order chi connectivity index (χ1) is 13.0. The van der Waals surface area contributed by atoms with Gasteiger partial charge < -0.3 is 10.0 Å². The average Bonchev–Trinajstić information content (AvgIpc) is 2.90. The second kappa shape index (κ2) is 6.49. The van der Waals surface area contributed by atoms with Crippen molar-refractivity contribution in [1.82, 2.24) is 0 Å². The number of aliphatic hydroxyl groups is 1. The third-order valence-electron chi connectivity index (χ3n) is 5.04. The molecular formula is C23H19NO3. The zero-order chi connectivity index (χ0) is 19.0. The quantitative estimate of drug-likeness (QED) is 0.558. The Kier molecular flexibility index (Phi) is 4.13. The standard InChI is InChI=1S/C23H19NO3/c1-2-13-24-20-10-6-5-9-19(20)23(27,22(24)26)15-21(25)18-12-11-16-7-3-4-8-17(16)14-18/h2-12,14,27H,1,13,15H2/t23-/m1/s1. The largest absolute Gasteiger partial charge is 0.375 e. The van der Waals surface area contributed by atoms with Crippen LogP contribution in [0.3, 0.4) is 0 Å². The Balaban J connectivity index is 1.70. The van der Waals surface area contributed by atoms with E-state index in [1.165, 1.54) is 4.90 Å². The van der Waals surface area contributed by atoms with Gasteiger partial charge in [-0.3, -0.25) is 9.59 Å². The predicted molar refractivity (Wildman–Crippen MR) is 106 cm³/mol. The lowest BCUT2D eigenvalue weighted by Crippen LogP contribution is -2.41. The third kappa shape index (κ3) is 2.75. The van der Waals surface area contributed by atoms with E-state index in [9.17, 15) is 14.7 Å². The number of carbonyl (C=O) groups is 2. The number of nitrogens with zero attached hydrogens (tertiary/aromatic N) is 1. The van der Waals surface area contributed by atoms with Gasteiger partial charge in [-0.15, -0.1) is 6.58 Å².